The van der Waals surface area contributed by atoms with Gasteiger partial charge in [-0.05, 0) is 37.0 Å². The first kappa shape index (κ1) is 10.5. The Kier molecular flexibility index (Phi) is 2.26. The van der Waals surface area contributed by atoms with Gasteiger partial charge in [0.25, 0.3) is 0 Å². The zero-order valence-electron chi connectivity index (χ0n) is 9.24. The van der Waals surface area contributed by atoms with E-state index < -0.39 is 10.0 Å². The lowest BCUT2D eigenvalue weighted by Crippen LogP contribution is -2.28. The average Bonchev–Trinajstić information content (AvgIpc) is 2.55. The molecule has 3 nitrogen and oxygen atoms in total. The van der Waals surface area contributed by atoms with Gasteiger partial charge < -0.3 is 0 Å². The summed E-state index contributed by atoms with van der Waals surface area (Å²) in [4.78, 5) is 0. The van der Waals surface area contributed by atoms with Crippen molar-refractivity contribution in [2.24, 2.45) is 0 Å². The van der Waals surface area contributed by atoms with E-state index in [0.29, 0.717) is 6.54 Å². The van der Waals surface area contributed by atoms with Crippen LogP contribution in [0.3, 0.4) is 0 Å². The number of benzene rings is 1. The average molecular weight is 225 g/mol. The van der Waals surface area contributed by atoms with E-state index in [0.717, 1.165) is 17.7 Å². The molecule has 0 spiro atoms. The second-order valence-corrected chi connectivity index (χ2v) is 6.02. The van der Waals surface area contributed by atoms with Crippen molar-refractivity contribution in [2.45, 2.75) is 20.3 Å². The fraction of sp³-hybridized carbons (Fsp3) is 0.455. The molecule has 0 aromatic heterocycles. The lowest BCUT2D eigenvalue weighted by molar-refractivity contribution is 0.598. The summed E-state index contributed by atoms with van der Waals surface area (Å²) in [7, 11) is -3.12. The second-order valence-electron chi connectivity index (χ2n) is 4.11. The van der Waals surface area contributed by atoms with Gasteiger partial charge in [0.2, 0.25) is 10.0 Å². The Morgan fingerprint density at radius 3 is 2.40 bits per heavy atom. The van der Waals surface area contributed by atoms with E-state index in [-0.39, 0.29) is 0 Å². The van der Waals surface area contributed by atoms with Crippen LogP contribution in [0.2, 0.25) is 0 Å². The monoisotopic (exact) mass is 225 g/mol. The van der Waals surface area contributed by atoms with Gasteiger partial charge in [0.15, 0.2) is 0 Å². The number of rotatable bonds is 1. The molecule has 0 saturated heterocycles. The number of hydrogen-bond acceptors (Lipinski definition) is 2. The molecule has 1 aromatic carbocycles. The summed E-state index contributed by atoms with van der Waals surface area (Å²) in [5.74, 6) is 0. The van der Waals surface area contributed by atoms with E-state index in [1.54, 1.807) is 0 Å². The van der Waals surface area contributed by atoms with Gasteiger partial charge in [0.05, 0.1) is 11.9 Å². The molecule has 0 amide bonds. The summed E-state index contributed by atoms with van der Waals surface area (Å²) in [5, 5.41) is 0. The molecule has 1 aromatic rings. The van der Waals surface area contributed by atoms with Gasteiger partial charge in [0, 0.05) is 6.54 Å². The van der Waals surface area contributed by atoms with Gasteiger partial charge in [0.1, 0.15) is 0 Å². The Balaban J connectivity index is 2.65. The maximum Gasteiger partial charge on any atom is 0.232 e. The van der Waals surface area contributed by atoms with Gasteiger partial charge in [-0.3, -0.25) is 4.31 Å². The molecule has 0 saturated carbocycles. The number of hydrogen-bond donors (Lipinski definition) is 0. The number of aryl methyl sites for hydroxylation is 2. The van der Waals surface area contributed by atoms with Gasteiger partial charge in [-0.15, -0.1) is 0 Å². The zero-order chi connectivity index (χ0) is 11.2. The summed E-state index contributed by atoms with van der Waals surface area (Å²) in [6.45, 7) is 4.58. The fourth-order valence-electron chi connectivity index (χ4n) is 2.17. The van der Waals surface area contributed by atoms with Gasteiger partial charge in [-0.25, -0.2) is 8.42 Å². The molecule has 15 heavy (non-hydrogen) atoms. The predicted molar refractivity (Wildman–Crippen MR) is 61.8 cm³/mol. The summed E-state index contributed by atoms with van der Waals surface area (Å²) < 4.78 is 24.7. The third-order valence-corrected chi connectivity index (χ3v) is 4.10. The molecule has 82 valence electrons. The normalized spacial score (nSPS) is 15.5. The first-order chi connectivity index (χ1) is 6.91. The molecule has 0 atom stereocenters. The highest BCUT2D eigenvalue weighted by molar-refractivity contribution is 7.92. The Labute approximate surface area is 90.8 Å². The minimum absolute atomic E-state index is 0.583. The lowest BCUT2D eigenvalue weighted by atomic mass is 10.0. The quantitative estimate of drug-likeness (QED) is 0.728. The largest absolute Gasteiger partial charge is 0.270 e. The highest BCUT2D eigenvalue weighted by Crippen LogP contribution is 2.35. The maximum absolute atomic E-state index is 11.6. The SMILES string of the molecule is Cc1ccc(C)c2c1CCN2S(C)(=O)=O. The molecule has 1 aliphatic rings. The van der Waals surface area contributed by atoms with Crippen molar-refractivity contribution >= 4 is 15.7 Å². The van der Waals surface area contributed by atoms with Gasteiger partial charge >= 0.3 is 0 Å². The highest BCUT2D eigenvalue weighted by atomic mass is 32.2. The lowest BCUT2D eigenvalue weighted by Gasteiger charge is -2.18. The van der Waals surface area contributed by atoms with E-state index in [9.17, 15) is 8.42 Å². The van der Waals surface area contributed by atoms with E-state index >= 15 is 0 Å². The van der Waals surface area contributed by atoms with E-state index in [2.05, 4.69) is 6.07 Å². The van der Waals surface area contributed by atoms with Crippen molar-refractivity contribution in [3.8, 4) is 0 Å². The Morgan fingerprint density at radius 2 is 1.80 bits per heavy atom. The Hall–Kier alpha value is -1.03. The van der Waals surface area contributed by atoms with Crippen LogP contribution >= 0.6 is 0 Å². The standard InChI is InChI=1S/C11H15NO2S/c1-8-4-5-9(2)11-10(8)6-7-12(11)15(3,13)14/h4-5H,6-7H2,1-3H3. The molecule has 1 heterocycles. The van der Waals surface area contributed by atoms with Crippen molar-refractivity contribution in [1.82, 2.24) is 0 Å². The van der Waals surface area contributed by atoms with Crippen molar-refractivity contribution < 1.29 is 8.42 Å². The molecular formula is C11H15NO2S. The first-order valence-corrected chi connectivity index (χ1v) is 6.83. The molecule has 0 bridgehead atoms. The van der Waals surface area contributed by atoms with E-state index in [1.165, 1.54) is 21.7 Å². The smallest absolute Gasteiger partial charge is 0.232 e. The molecule has 0 radical (unpaired) electrons. The number of fused-ring (bicyclic) bond motifs is 1. The third-order valence-electron chi connectivity index (χ3n) is 2.93. The Morgan fingerprint density at radius 1 is 1.20 bits per heavy atom. The maximum atomic E-state index is 11.6. The molecular weight excluding hydrogens is 210 g/mol. The topological polar surface area (TPSA) is 37.4 Å². The molecule has 0 aliphatic carbocycles. The van der Waals surface area contributed by atoms with Crippen LogP contribution in [-0.4, -0.2) is 21.2 Å². The molecule has 2 rings (SSSR count). The predicted octanol–water partition coefficient (Wildman–Crippen LogP) is 1.63. The van der Waals surface area contributed by atoms with Crippen LogP contribution in [0.4, 0.5) is 5.69 Å². The van der Waals surface area contributed by atoms with E-state index in [4.69, 9.17) is 0 Å². The van der Waals surface area contributed by atoms with Crippen molar-refractivity contribution in [3.05, 3.63) is 28.8 Å². The van der Waals surface area contributed by atoms with Gasteiger partial charge in [-0.1, -0.05) is 12.1 Å². The van der Waals surface area contributed by atoms with Crippen LogP contribution in [0.5, 0.6) is 0 Å². The molecule has 4 heteroatoms. The molecule has 0 N–H and O–H groups in total. The van der Waals surface area contributed by atoms with Crippen LogP contribution in [0.15, 0.2) is 12.1 Å². The van der Waals surface area contributed by atoms with Crippen LogP contribution in [0.1, 0.15) is 16.7 Å². The first-order valence-electron chi connectivity index (χ1n) is 4.98. The Bertz CT molecular complexity index is 506. The highest BCUT2D eigenvalue weighted by Gasteiger charge is 2.28. The molecule has 0 fully saturated rings. The third kappa shape index (κ3) is 1.63. The number of nitrogens with zero attached hydrogens (tertiary/aromatic N) is 1. The van der Waals surface area contributed by atoms with Crippen LogP contribution in [-0.2, 0) is 16.4 Å². The summed E-state index contributed by atoms with van der Waals surface area (Å²) in [6, 6.07) is 4.04. The van der Waals surface area contributed by atoms with Crippen LogP contribution in [0, 0.1) is 13.8 Å². The van der Waals surface area contributed by atoms with Crippen molar-refractivity contribution in [3.63, 3.8) is 0 Å². The summed E-state index contributed by atoms with van der Waals surface area (Å²) >= 11 is 0. The minimum Gasteiger partial charge on any atom is -0.270 e. The van der Waals surface area contributed by atoms with Crippen LogP contribution in [0.25, 0.3) is 0 Å². The zero-order valence-corrected chi connectivity index (χ0v) is 10.1. The van der Waals surface area contributed by atoms with Crippen LogP contribution < -0.4 is 4.31 Å². The minimum atomic E-state index is -3.12. The fourth-order valence-corrected chi connectivity index (χ4v) is 3.18. The summed E-state index contributed by atoms with van der Waals surface area (Å²) in [6.07, 6.45) is 2.10. The number of anilines is 1. The molecule has 0 unspecified atom stereocenters. The summed E-state index contributed by atoms with van der Waals surface area (Å²) in [5.41, 5.74) is 4.30. The second kappa shape index (κ2) is 3.23. The van der Waals surface area contributed by atoms with Gasteiger partial charge in [-0.2, -0.15) is 0 Å². The van der Waals surface area contributed by atoms with Crippen molar-refractivity contribution in [2.75, 3.05) is 17.1 Å². The number of sulfonamides is 1. The van der Waals surface area contributed by atoms with E-state index in [1.807, 2.05) is 19.9 Å². The van der Waals surface area contributed by atoms with Crippen molar-refractivity contribution in [1.29, 1.82) is 0 Å². The molecule has 1 aliphatic heterocycles.